The second-order valence-electron chi connectivity index (χ2n) is 19.6. The van der Waals surface area contributed by atoms with E-state index in [-0.39, 0.29) is 50.9 Å². The van der Waals surface area contributed by atoms with Crippen LogP contribution < -0.4 is 0 Å². The van der Waals surface area contributed by atoms with E-state index in [0.717, 1.165) is 38.5 Å². The van der Waals surface area contributed by atoms with E-state index >= 15 is 0 Å². The molecule has 1 N–H and O–H groups in total. The molecule has 0 radical (unpaired) electrons. The average molecular weight is 641 g/mol. The van der Waals surface area contributed by atoms with Gasteiger partial charge in [-0.25, -0.2) is 0 Å². The number of epoxide rings is 1. The maximum Gasteiger partial charge on any atom is 0.306 e. The number of aliphatic hydroxyl groups is 1. The highest BCUT2D eigenvalue weighted by molar-refractivity contribution is 5.69. The lowest BCUT2D eigenvalue weighted by molar-refractivity contribution is -0.273. The Labute approximate surface area is 283 Å². The number of carbonyl (C=O) groups is 1. The van der Waals surface area contributed by atoms with Crippen molar-refractivity contribution in [3.8, 4) is 0 Å². The van der Waals surface area contributed by atoms with E-state index in [2.05, 4.69) is 62.3 Å². The van der Waals surface area contributed by atoms with Crippen LogP contribution in [0.5, 0.6) is 0 Å². The number of esters is 1. The van der Waals surface area contributed by atoms with Crippen molar-refractivity contribution in [3.63, 3.8) is 0 Å². The number of fused-ring (bicyclic) bond motifs is 8. The highest BCUT2D eigenvalue weighted by atomic mass is 16.6. The van der Waals surface area contributed by atoms with Crippen molar-refractivity contribution >= 4 is 5.97 Å². The third-order valence-corrected chi connectivity index (χ3v) is 17.3. The second kappa shape index (κ2) is 12.3. The van der Waals surface area contributed by atoms with Crippen molar-refractivity contribution in [2.24, 2.45) is 56.7 Å². The predicted octanol–water partition coefficient (Wildman–Crippen LogP) is 10.7. The Morgan fingerprint density at radius 2 is 1.41 bits per heavy atom. The quantitative estimate of drug-likeness (QED) is 0.139. The lowest BCUT2D eigenvalue weighted by atomic mass is 9.31. The van der Waals surface area contributed by atoms with Crippen molar-refractivity contribution in [2.45, 2.75) is 202 Å². The van der Waals surface area contributed by atoms with Crippen LogP contribution in [0.3, 0.4) is 0 Å². The van der Waals surface area contributed by atoms with Crippen LogP contribution in [-0.2, 0) is 14.3 Å². The van der Waals surface area contributed by atoms with Gasteiger partial charge in [0.2, 0.25) is 0 Å². The zero-order valence-corrected chi connectivity index (χ0v) is 31.5. The van der Waals surface area contributed by atoms with E-state index in [1.807, 2.05) is 0 Å². The first-order valence-electron chi connectivity index (χ1n) is 20.1. The summed E-state index contributed by atoms with van der Waals surface area (Å²) in [5, 5.41) is 12.0. The summed E-state index contributed by atoms with van der Waals surface area (Å²) in [4.78, 5) is 13.1. The maximum atomic E-state index is 13.1. The lowest BCUT2D eigenvalue weighted by Crippen LogP contribution is -2.70. The van der Waals surface area contributed by atoms with Crippen LogP contribution >= 0.6 is 0 Å². The topological polar surface area (TPSA) is 59.1 Å². The first kappa shape index (κ1) is 35.2. The number of hydrogen-bond acceptors (Lipinski definition) is 4. The molecular weight excluding hydrogens is 568 g/mol. The minimum atomic E-state index is -0.256. The van der Waals surface area contributed by atoms with Crippen molar-refractivity contribution < 1.29 is 19.4 Å². The average Bonchev–Trinajstić information content (AvgIpc) is 3.65. The number of rotatable bonds is 11. The Morgan fingerprint density at radius 1 is 0.761 bits per heavy atom. The molecule has 6 aliphatic rings. The van der Waals surface area contributed by atoms with Gasteiger partial charge >= 0.3 is 5.97 Å². The number of ether oxygens (including phenoxy) is 2. The molecule has 6 rings (SSSR count). The molecule has 0 aromatic carbocycles. The summed E-state index contributed by atoms with van der Waals surface area (Å²) in [6.07, 6.45) is 21.3. The molecule has 46 heavy (non-hydrogen) atoms. The Kier molecular flexibility index (Phi) is 9.43. The molecule has 0 aromatic heterocycles. The van der Waals surface area contributed by atoms with Gasteiger partial charge in [-0.2, -0.15) is 0 Å². The van der Waals surface area contributed by atoms with Gasteiger partial charge < -0.3 is 14.6 Å². The van der Waals surface area contributed by atoms with Crippen molar-refractivity contribution in [2.75, 3.05) is 0 Å². The van der Waals surface area contributed by atoms with Crippen LogP contribution in [0.4, 0.5) is 0 Å². The van der Waals surface area contributed by atoms with Crippen LogP contribution in [-0.4, -0.2) is 35.0 Å². The summed E-state index contributed by atoms with van der Waals surface area (Å²) < 4.78 is 12.8. The van der Waals surface area contributed by atoms with Crippen molar-refractivity contribution in [1.82, 2.24) is 0 Å². The highest BCUT2D eigenvalue weighted by Crippen LogP contribution is 2.78. The summed E-state index contributed by atoms with van der Waals surface area (Å²) in [6.45, 7) is 22.2. The molecule has 0 aromatic rings. The van der Waals surface area contributed by atoms with Crippen LogP contribution in [0.1, 0.15) is 178 Å². The molecule has 0 amide bonds. The molecule has 1 heterocycles. The summed E-state index contributed by atoms with van der Waals surface area (Å²) in [6, 6.07) is 0. The normalized spacial score (nSPS) is 50.3. The molecule has 4 nitrogen and oxygen atoms in total. The third-order valence-electron chi connectivity index (χ3n) is 17.3. The minimum Gasteiger partial charge on any atom is -0.462 e. The third kappa shape index (κ3) is 5.29. The van der Waals surface area contributed by atoms with E-state index < -0.39 is 0 Å². The fourth-order valence-electron chi connectivity index (χ4n) is 14.1. The van der Waals surface area contributed by atoms with Gasteiger partial charge in [-0.1, -0.05) is 107 Å². The first-order valence-corrected chi connectivity index (χ1v) is 20.1. The van der Waals surface area contributed by atoms with Gasteiger partial charge in [-0.3, -0.25) is 4.79 Å². The van der Waals surface area contributed by atoms with Crippen LogP contribution in [0.15, 0.2) is 0 Å². The molecule has 0 spiro atoms. The van der Waals surface area contributed by atoms with Crippen LogP contribution in [0.25, 0.3) is 0 Å². The second-order valence-corrected chi connectivity index (χ2v) is 19.6. The van der Waals surface area contributed by atoms with Gasteiger partial charge in [-0.05, 0) is 116 Å². The number of carbonyl (C=O) groups excluding carboxylic acids is 1. The molecule has 1 aliphatic heterocycles. The Bertz CT molecular complexity index is 1120. The highest BCUT2D eigenvalue weighted by Gasteiger charge is 2.75. The SMILES string of the molecule is CCCCCCCCCCCC(=O)O[C@H]1CC[C@]2(C)[C@H]3CC[C@@H]4[C@H]5[C@H](C)[C@]6(C)O[C@@H]6C[C@]5(C)[C@@H](O)C[C@@]4(C)[C@]3(C)CC[C@H]2C1(C)C. The standard InChI is InChI=1S/C42H72O4/c1-10-11-12-13-14-15-16-17-18-19-35(44)45-33-23-24-38(5)30(37(33,3)4)22-25-40(7)31(38)21-20-29-36-28(2)42(9)34(46-42)27-39(36,6)32(43)26-41(29,40)8/h28-34,36,43H,10-27H2,1-9H3/t28-,29+,30-,31+,32-,33-,34+,36+,38-,39+,40+,41+,42-/m0/s1. The molecular formula is C42H72O4. The van der Waals surface area contributed by atoms with E-state index in [0.29, 0.717) is 42.1 Å². The summed E-state index contributed by atoms with van der Waals surface area (Å²) in [7, 11) is 0. The first-order chi connectivity index (χ1) is 21.6. The van der Waals surface area contributed by atoms with Gasteiger partial charge in [0, 0.05) is 11.8 Å². The Balaban J connectivity index is 1.11. The molecule has 1 saturated heterocycles. The van der Waals surface area contributed by atoms with E-state index in [9.17, 15) is 9.90 Å². The van der Waals surface area contributed by atoms with Crippen LogP contribution in [0.2, 0.25) is 0 Å². The lowest BCUT2D eigenvalue weighted by Gasteiger charge is -2.74. The van der Waals surface area contributed by atoms with E-state index in [4.69, 9.17) is 9.47 Å². The van der Waals surface area contributed by atoms with Crippen LogP contribution in [0, 0.1) is 56.7 Å². The molecule has 264 valence electrons. The zero-order valence-electron chi connectivity index (χ0n) is 31.5. The number of unbranched alkanes of at least 4 members (excludes halogenated alkanes) is 8. The van der Waals surface area contributed by atoms with E-state index in [1.165, 1.54) is 70.6 Å². The fourth-order valence-corrected chi connectivity index (χ4v) is 14.1. The molecule has 13 atom stereocenters. The maximum absolute atomic E-state index is 13.1. The number of hydrogen-bond donors (Lipinski definition) is 1. The summed E-state index contributed by atoms with van der Waals surface area (Å²) in [5.41, 5.74) is 0.536. The molecule has 0 unspecified atom stereocenters. The monoisotopic (exact) mass is 641 g/mol. The predicted molar refractivity (Wildman–Crippen MR) is 187 cm³/mol. The molecule has 0 bridgehead atoms. The molecule has 5 saturated carbocycles. The number of aliphatic hydroxyl groups excluding tert-OH is 1. The molecule has 5 aliphatic carbocycles. The molecule has 4 heteroatoms. The van der Waals surface area contributed by atoms with Gasteiger partial charge in [0.25, 0.3) is 0 Å². The Hall–Kier alpha value is -0.610. The smallest absolute Gasteiger partial charge is 0.306 e. The zero-order chi connectivity index (χ0) is 33.3. The fraction of sp³-hybridized carbons (Fsp3) is 0.976. The van der Waals surface area contributed by atoms with Gasteiger partial charge in [0.15, 0.2) is 0 Å². The van der Waals surface area contributed by atoms with Gasteiger partial charge in [0.1, 0.15) is 6.10 Å². The van der Waals surface area contributed by atoms with Gasteiger partial charge in [-0.15, -0.1) is 0 Å². The summed E-state index contributed by atoms with van der Waals surface area (Å²) >= 11 is 0. The van der Waals surface area contributed by atoms with Crippen molar-refractivity contribution in [1.29, 1.82) is 0 Å². The van der Waals surface area contributed by atoms with Gasteiger partial charge in [0.05, 0.1) is 17.8 Å². The van der Waals surface area contributed by atoms with E-state index in [1.54, 1.807) is 0 Å². The largest absolute Gasteiger partial charge is 0.462 e. The molecule has 6 fully saturated rings. The Morgan fingerprint density at radius 3 is 2.09 bits per heavy atom. The van der Waals surface area contributed by atoms with Crippen molar-refractivity contribution in [3.05, 3.63) is 0 Å². The minimum absolute atomic E-state index is 0.0112. The summed E-state index contributed by atoms with van der Waals surface area (Å²) in [5.74, 6) is 2.89.